The maximum atomic E-state index is 8.62. The Morgan fingerprint density at radius 1 is 1.35 bits per heavy atom. The van der Waals surface area contributed by atoms with Crippen molar-refractivity contribution < 1.29 is 0 Å². The van der Waals surface area contributed by atoms with Gasteiger partial charge in [0.1, 0.15) is 0 Å². The molecule has 0 aromatic carbocycles. The Balaban J connectivity index is 2.17. The van der Waals surface area contributed by atoms with Gasteiger partial charge in [-0.1, -0.05) is 13.8 Å². The van der Waals surface area contributed by atoms with Gasteiger partial charge in [0, 0.05) is 25.6 Å². The van der Waals surface area contributed by atoms with Crippen molar-refractivity contribution in [3.05, 3.63) is 0 Å². The highest BCUT2D eigenvalue weighted by molar-refractivity contribution is 4.80. The van der Waals surface area contributed by atoms with Gasteiger partial charge in [-0.15, -0.1) is 0 Å². The van der Waals surface area contributed by atoms with Gasteiger partial charge in [0.15, 0.2) is 0 Å². The van der Waals surface area contributed by atoms with E-state index in [-0.39, 0.29) is 5.41 Å². The summed E-state index contributed by atoms with van der Waals surface area (Å²) in [5.74, 6) is 0. The van der Waals surface area contributed by atoms with Crippen LogP contribution in [-0.4, -0.2) is 37.1 Å². The van der Waals surface area contributed by atoms with Crippen molar-refractivity contribution in [1.29, 1.82) is 5.26 Å². The molecule has 1 aliphatic rings. The molecule has 0 bridgehead atoms. The van der Waals surface area contributed by atoms with E-state index in [0.29, 0.717) is 12.5 Å². The van der Waals surface area contributed by atoms with E-state index in [0.717, 1.165) is 19.5 Å². The summed E-state index contributed by atoms with van der Waals surface area (Å²) in [6.45, 7) is 11.4. The van der Waals surface area contributed by atoms with Crippen LogP contribution in [0.25, 0.3) is 0 Å². The summed E-state index contributed by atoms with van der Waals surface area (Å²) in [5.41, 5.74) is 0.231. The van der Waals surface area contributed by atoms with E-state index in [4.69, 9.17) is 5.26 Å². The second-order valence-electron chi connectivity index (χ2n) is 6.11. The molecule has 0 spiro atoms. The summed E-state index contributed by atoms with van der Waals surface area (Å²) in [7, 11) is 0. The lowest BCUT2D eigenvalue weighted by Crippen LogP contribution is -2.42. The topological polar surface area (TPSA) is 39.1 Å². The lowest BCUT2D eigenvalue weighted by Gasteiger charge is -2.28. The number of likely N-dealkylation sites (tertiary alicyclic amines) is 1. The third kappa shape index (κ3) is 6.05. The van der Waals surface area contributed by atoms with Gasteiger partial charge in [-0.2, -0.15) is 5.26 Å². The highest BCUT2D eigenvalue weighted by Gasteiger charge is 2.19. The van der Waals surface area contributed by atoms with E-state index in [9.17, 15) is 0 Å². The van der Waals surface area contributed by atoms with Crippen LogP contribution in [-0.2, 0) is 0 Å². The molecule has 1 N–H and O–H groups in total. The van der Waals surface area contributed by atoms with Gasteiger partial charge >= 0.3 is 0 Å². The number of nitriles is 1. The Hall–Kier alpha value is -0.590. The highest BCUT2D eigenvalue weighted by atomic mass is 15.2. The minimum atomic E-state index is 0.231. The first-order valence-electron chi connectivity index (χ1n) is 6.86. The summed E-state index contributed by atoms with van der Waals surface area (Å²) < 4.78 is 0. The predicted molar refractivity (Wildman–Crippen MR) is 71.8 cm³/mol. The quantitative estimate of drug-likeness (QED) is 0.739. The van der Waals surface area contributed by atoms with Crippen LogP contribution in [0.5, 0.6) is 0 Å². The molecule has 0 saturated carbocycles. The van der Waals surface area contributed by atoms with Crippen LogP contribution in [0.1, 0.15) is 46.5 Å². The lowest BCUT2D eigenvalue weighted by atomic mass is 9.88. The van der Waals surface area contributed by atoms with E-state index in [2.05, 4.69) is 37.1 Å². The van der Waals surface area contributed by atoms with Gasteiger partial charge in [-0.05, 0) is 44.7 Å². The van der Waals surface area contributed by atoms with Crippen LogP contribution in [0, 0.1) is 16.7 Å². The van der Waals surface area contributed by atoms with E-state index in [1.54, 1.807) is 0 Å². The molecule has 1 unspecified atom stereocenters. The number of nitrogens with one attached hydrogen (secondary N) is 1. The molecule has 0 amide bonds. The number of hydrogen-bond acceptors (Lipinski definition) is 3. The minimum Gasteiger partial charge on any atom is -0.312 e. The largest absolute Gasteiger partial charge is 0.312 e. The zero-order valence-corrected chi connectivity index (χ0v) is 11.6. The Labute approximate surface area is 106 Å². The zero-order valence-electron chi connectivity index (χ0n) is 11.6. The van der Waals surface area contributed by atoms with Gasteiger partial charge in [0.2, 0.25) is 0 Å². The van der Waals surface area contributed by atoms with Crippen molar-refractivity contribution in [2.45, 2.75) is 52.5 Å². The first kappa shape index (κ1) is 14.5. The van der Waals surface area contributed by atoms with Crippen molar-refractivity contribution in [3.63, 3.8) is 0 Å². The van der Waals surface area contributed by atoms with Crippen LogP contribution >= 0.6 is 0 Å². The van der Waals surface area contributed by atoms with Crippen LogP contribution in [0.15, 0.2) is 0 Å². The molecule has 3 nitrogen and oxygen atoms in total. The van der Waals surface area contributed by atoms with Gasteiger partial charge in [0.05, 0.1) is 6.07 Å². The van der Waals surface area contributed by atoms with Gasteiger partial charge in [-0.3, -0.25) is 0 Å². The van der Waals surface area contributed by atoms with Gasteiger partial charge in [0.25, 0.3) is 0 Å². The summed E-state index contributed by atoms with van der Waals surface area (Å²) in [5, 5.41) is 12.2. The highest BCUT2D eigenvalue weighted by Crippen LogP contribution is 2.21. The second-order valence-corrected chi connectivity index (χ2v) is 6.11. The third-order valence-corrected chi connectivity index (χ3v) is 3.57. The Morgan fingerprint density at radius 3 is 2.59 bits per heavy atom. The molecule has 0 aromatic rings. The predicted octanol–water partition coefficient (Wildman–Crippen LogP) is 2.39. The van der Waals surface area contributed by atoms with Crippen molar-refractivity contribution >= 4 is 0 Å². The zero-order chi connectivity index (χ0) is 12.7. The molecule has 1 aliphatic heterocycles. The van der Waals surface area contributed by atoms with E-state index in [1.165, 1.54) is 25.9 Å². The Kier molecular flexibility index (Phi) is 5.94. The Morgan fingerprint density at radius 2 is 2.00 bits per heavy atom. The normalized spacial score (nSPS) is 19.2. The monoisotopic (exact) mass is 237 g/mol. The fourth-order valence-electron chi connectivity index (χ4n) is 2.35. The maximum absolute atomic E-state index is 8.62. The van der Waals surface area contributed by atoms with Crippen molar-refractivity contribution in [2.75, 3.05) is 26.2 Å². The van der Waals surface area contributed by atoms with Gasteiger partial charge < -0.3 is 10.2 Å². The standard InChI is InChI=1S/C14H27N3/c1-13(11-17-9-4-5-10-17)16-12-14(2,3)7-6-8-15/h13,16H,4-7,9-12H2,1-3H3. The van der Waals surface area contributed by atoms with Crippen molar-refractivity contribution in [3.8, 4) is 6.07 Å². The van der Waals surface area contributed by atoms with E-state index >= 15 is 0 Å². The molecule has 3 heteroatoms. The van der Waals surface area contributed by atoms with Crippen LogP contribution in [0.3, 0.4) is 0 Å². The maximum Gasteiger partial charge on any atom is 0.0621 e. The summed E-state index contributed by atoms with van der Waals surface area (Å²) >= 11 is 0. The van der Waals surface area contributed by atoms with Crippen molar-refractivity contribution in [2.24, 2.45) is 5.41 Å². The molecule has 1 heterocycles. The van der Waals surface area contributed by atoms with Gasteiger partial charge in [-0.25, -0.2) is 0 Å². The fourth-order valence-corrected chi connectivity index (χ4v) is 2.35. The summed E-state index contributed by atoms with van der Waals surface area (Å²) in [6, 6.07) is 2.78. The molecular weight excluding hydrogens is 210 g/mol. The molecule has 98 valence electrons. The Bertz CT molecular complexity index is 249. The second kappa shape index (κ2) is 6.98. The smallest absolute Gasteiger partial charge is 0.0621 e. The third-order valence-electron chi connectivity index (χ3n) is 3.57. The first-order valence-corrected chi connectivity index (χ1v) is 6.86. The number of nitrogens with zero attached hydrogens (tertiary/aromatic N) is 2. The molecule has 1 atom stereocenters. The fraction of sp³-hybridized carbons (Fsp3) is 0.929. The summed E-state index contributed by atoms with van der Waals surface area (Å²) in [6.07, 6.45) is 4.36. The molecule has 0 radical (unpaired) electrons. The first-order chi connectivity index (χ1) is 8.03. The van der Waals surface area contributed by atoms with Crippen molar-refractivity contribution in [1.82, 2.24) is 10.2 Å². The molecule has 0 aliphatic carbocycles. The van der Waals surface area contributed by atoms with Crippen LogP contribution in [0.4, 0.5) is 0 Å². The molecular formula is C14H27N3. The van der Waals surface area contributed by atoms with Crippen LogP contribution in [0.2, 0.25) is 0 Å². The van der Waals surface area contributed by atoms with E-state index in [1.807, 2.05) is 0 Å². The number of rotatable bonds is 7. The molecule has 1 rings (SSSR count). The van der Waals surface area contributed by atoms with Crippen LogP contribution < -0.4 is 5.32 Å². The molecule has 17 heavy (non-hydrogen) atoms. The average molecular weight is 237 g/mol. The molecule has 0 aromatic heterocycles. The minimum absolute atomic E-state index is 0.231. The number of hydrogen-bond donors (Lipinski definition) is 1. The molecule has 1 saturated heterocycles. The average Bonchev–Trinajstić information content (AvgIpc) is 2.77. The van der Waals surface area contributed by atoms with E-state index < -0.39 is 0 Å². The summed E-state index contributed by atoms with van der Waals surface area (Å²) in [4.78, 5) is 2.54. The SMILES string of the molecule is CC(CN1CCCC1)NCC(C)(C)CCC#N. The molecule has 1 fully saturated rings. The lowest BCUT2D eigenvalue weighted by molar-refractivity contribution is 0.260.